The zero-order valence-electron chi connectivity index (χ0n) is 10.7. The number of rotatable bonds is 6. The van der Waals surface area contributed by atoms with Gasteiger partial charge in [-0.05, 0) is 44.7 Å². The lowest BCUT2D eigenvalue weighted by molar-refractivity contribution is 0.0619. The molecular weight excluding hydrogens is 210 g/mol. The Morgan fingerprint density at radius 1 is 1.35 bits per heavy atom. The van der Waals surface area contributed by atoms with E-state index in [1.165, 1.54) is 31.4 Å². The van der Waals surface area contributed by atoms with Gasteiger partial charge >= 0.3 is 0 Å². The van der Waals surface area contributed by atoms with Crippen molar-refractivity contribution in [2.45, 2.75) is 44.8 Å². The standard InChI is InChI=1S/C15H23NO/c1-13(14-7-3-2-4-8-14)17-12-6-10-15-9-5-11-16-15/h2-4,7-8,13,15-16H,5-6,9-12H2,1H3. The summed E-state index contributed by atoms with van der Waals surface area (Å²) in [6, 6.07) is 11.2. The summed E-state index contributed by atoms with van der Waals surface area (Å²) in [6.07, 6.45) is 5.31. The maximum Gasteiger partial charge on any atom is 0.0796 e. The zero-order valence-corrected chi connectivity index (χ0v) is 10.7. The van der Waals surface area contributed by atoms with Crippen molar-refractivity contribution in [1.82, 2.24) is 5.32 Å². The highest BCUT2D eigenvalue weighted by atomic mass is 16.5. The fourth-order valence-corrected chi connectivity index (χ4v) is 2.41. The first-order chi connectivity index (χ1) is 8.36. The Hall–Kier alpha value is -0.860. The van der Waals surface area contributed by atoms with Crippen molar-refractivity contribution in [2.75, 3.05) is 13.2 Å². The molecule has 1 aromatic carbocycles. The molecule has 1 aliphatic heterocycles. The van der Waals surface area contributed by atoms with Gasteiger partial charge in [-0.15, -0.1) is 0 Å². The van der Waals surface area contributed by atoms with Crippen LogP contribution in [0.1, 0.15) is 44.3 Å². The molecule has 0 bridgehead atoms. The van der Waals surface area contributed by atoms with Crippen LogP contribution in [0.5, 0.6) is 0 Å². The molecule has 1 fully saturated rings. The molecule has 0 amide bonds. The van der Waals surface area contributed by atoms with Gasteiger partial charge in [0, 0.05) is 12.6 Å². The van der Waals surface area contributed by atoms with Crippen LogP contribution < -0.4 is 5.32 Å². The van der Waals surface area contributed by atoms with E-state index in [4.69, 9.17) is 4.74 Å². The maximum absolute atomic E-state index is 5.86. The normalized spacial score (nSPS) is 21.6. The Balaban J connectivity index is 1.61. The minimum atomic E-state index is 0.215. The molecule has 17 heavy (non-hydrogen) atoms. The van der Waals surface area contributed by atoms with Gasteiger partial charge in [0.2, 0.25) is 0 Å². The van der Waals surface area contributed by atoms with Gasteiger partial charge in [-0.2, -0.15) is 0 Å². The average Bonchev–Trinajstić information content (AvgIpc) is 2.88. The van der Waals surface area contributed by atoms with E-state index in [0.717, 1.165) is 19.1 Å². The van der Waals surface area contributed by atoms with Gasteiger partial charge < -0.3 is 10.1 Å². The Bertz CT molecular complexity index is 306. The molecule has 1 N–H and O–H groups in total. The third-order valence-corrected chi connectivity index (χ3v) is 3.50. The van der Waals surface area contributed by atoms with Crippen molar-refractivity contribution in [2.24, 2.45) is 0 Å². The highest BCUT2D eigenvalue weighted by Crippen LogP contribution is 2.17. The molecule has 1 aromatic rings. The minimum Gasteiger partial charge on any atom is -0.374 e. The van der Waals surface area contributed by atoms with Gasteiger partial charge in [-0.25, -0.2) is 0 Å². The van der Waals surface area contributed by atoms with Crippen molar-refractivity contribution in [1.29, 1.82) is 0 Å². The predicted octanol–water partition coefficient (Wildman–Crippen LogP) is 3.30. The van der Waals surface area contributed by atoms with Gasteiger partial charge in [-0.1, -0.05) is 30.3 Å². The largest absolute Gasteiger partial charge is 0.374 e. The Morgan fingerprint density at radius 2 is 2.18 bits per heavy atom. The number of hydrogen-bond donors (Lipinski definition) is 1. The van der Waals surface area contributed by atoms with Crippen LogP contribution in [0.4, 0.5) is 0 Å². The smallest absolute Gasteiger partial charge is 0.0796 e. The first-order valence-electron chi connectivity index (χ1n) is 6.76. The van der Waals surface area contributed by atoms with E-state index in [1.807, 2.05) is 6.07 Å². The Morgan fingerprint density at radius 3 is 2.88 bits per heavy atom. The van der Waals surface area contributed by atoms with Crippen molar-refractivity contribution in [3.8, 4) is 0 Å². The second-order valence-electron chi connectivity index (χ2n) is 4.86. The summed E-state index contributed by atoms with van der Waals surface area (Å²) >= 11 is 0. The van der Waals surface area contributed by atoms with Gasteiger partial charge in [0.1, 0.15) is 0 Å². The fraction of sp³-hybridized carbons (Fsp3) is 0.600. The predicted molar refractivity (Wildman–Crippen MR) is 71.1 cm³/mol. The third-order valence-electron chi connectivity index (χ3n) is 3.50. The molecule has 2 nitrogen and oxygen atoms in total. The van der Waals surface area contributed by atoms with Crippen LogP contribution >= 0.6 is 0 Å². The number of ether oxygens (including phenoxy) is 1. The average molecular weight is 233 g/mol. The first-order valence-corrected chi connectivity index (χ1v) is 6.76. The van der Waals surface area contributed by atoms with E-state index in [9.17, 15) is 0 Å². The first kappa shape index (κ1) is 12.6. The summed E-state index contributed by atoms with van der Waals surface area (Å²) in [4.78, 5) is 0. The van der Waals surface area contributed by atoms with Gasteiger partial charge in [0.05, 0.1) is 6.10 Å². The lowest BCUT2D eigenvalue weighted by atomic mass is 10.1. The molecular formula is C15H23NO. The molecule has 0 saturated carbocycles. The summed E-state index contributed by atoms with van der Waals surface area (Å²) in [6.45, 7) is 4.20. The lowest BCUT2D eigenvalue weighted by Gasteiger charge is -2.14. The Kier molecular flexibility index (Phi) is 5.02. The van der Waals surface area contributed by atoms with Crippen LogP contribution in [0, 0.1) is 0 Å². The molecule has 1 heterocycles. The Labute approximate surface area is 104 Å². The van der Waals surface area contributed by atoms with Crippen LogP contribution in [-0.2, 0) is 4.74 Å². The van der Waals surface area contributed by atoms with Crippen molar-refractivity contribution >= 4 is 0 Å². The highest BCUT2D eigenvalue weighted by Gasteiger charge is 2.13. The van der Waals surface area contributed by atoms with E-state index in [-0.39, 0.29) is 6.10 Å². The summed E-state index contributed by atoms with van der Waals surface area (Å²) < 4.78 is 5.86. The van der Waals surface area contributed by atoms with Gasteiger partial charge in [0.25, 0.3) is 0 Å². The van der Waals surface area contributed by atoms with Crippen LogP contribution in [-0.4, -0.2) is 19.2 Å². The number of hydrogen-bond acceptors (Lipinski definition) is 2. The van der Waals surface area contributed by atoms with Crippen molar-refractivity contribution in [3.63, 3.8) is 0 Å². The molecule has 2 atom stereocenters. The summed E-state index contributed by atoms with van der Waals surface area (Å²) in [5.74, 6) is 0. The molecule has 94 valence electrons. The van der Waals surface area contributed by atoms with Crippen LogP contribution in [0.2, 0.25) is 0 Å². The molecule has 0 radical (unpaired) electrons. The zero-order chi connectivity index (χ0) is 11.9. The van der Waals surface area contributed by atoms with E-state index >= 15 is 0 Å². The lowest BCUT2D eigenvalue weighted by Crippen LogP contribution is -2.21. The minimum absolute atomic E-state index is 0.215. The van der Waals surface area contributed by atoms with E-state index in [1.54, 1.807) is 0 Å². The van der Waals surface area contributed by atoms with Crippen LogP contribution in [0.15, 0.2) is 30.3 Å². The second kappa shape index (κ2) is 6.77. The van der Waals surface area contributed by atoms with Crippen LogP contribution in [0.3, 0.4) is 0 Å². The summed E-state index contributed by atoms with van der Waals surface area (Å²) in [7, 11) is 0. The van der Waals surface area contributed by atoms with Gasteiger partial charge in [-0.3, -0.25) is 0 Å². The quantitative estimate of drug-likeness (QED) is 0.761. The molecule has 0 aliphatic carbocycles. The molecule has 0 spiro atoms. The van der Waals surface area contributed by atoms with Gasteiger partial charge in [0.15, 0.2) is 0 Å². The maximum atomic E-state index is 5.86. The molecule has 2 unspecified atom stereocenters. The molecule has 1 saturated heterocycles. The van der Waals surface area contributed by atoms with Crippen molar-refractivity contribution < 1.29 is 4.74 Å². The molecule has 2 heteroatoms. The van der Waals surface area contributed by atoms with E-state index in [0.29, 0.717) is 0 Å². The third kappa shape index (κ3) is 4.14. The molecule has 0 aromatic heterocycles. The SMILES string of the molecule is CC(OCCCC1CCCN1)c1ccccc1. The van der Waals surface area contributed by atoms with E-state index < -0.39 is 0 Å². The summed E-state index contributed by atoms with van der Waals surface area (Å²) in [5.41, 5.74) is 1.27. The van der Waals surface area contributed by atoms with E-state index in [2.05, 4.69) is 36.5 Å². The molecule has 1 aliphatic rings. The molecule has 2 rings (SSSR count). The number of benzene rings is 1. The fourth-order valence-electron chi connectivity index (χ4n) is 2.41. The number of nitrogens with one attached hydrogen (secondary N) is 1. The topological polar surface area (TPSA) is 21.3 Å². The van der Waals surface area contributed by atoms with Crippen molar-refractivity contribution in [3.05, 3.63) is 35.9 Å². The van der Waals surface area contributed by atoms with Crippen LogP contribution in [0.25, 0.3) is 0 Å². The monoisotopic (exact) mass is 233 g/mol. The highest BCUT2D eigenvalue weighted by molar-refractivity contribution is 5.16. The second-order valence-corrected chi connectivity index (χ2v) is 4.86. The summed E-state index contributed by atoms with van der Waals surface area (Å²) in [5, 5.41) is 3.52.